The Morgan fingerprint density at radius 2 is 1.97 bits per heavy atom. The Labute approximate surface area is 201 Å². The van der Waals surface area contributed by atoms with Gasteiger partial charge in [0, 0.05) is 49.1 Å². The molecule has 8 heteroatoms. The Morgan fingerprint density at radius 1 is 1.17 bits per heavy atom. The van der Waals surface area contributed by atoms with E-state index in [4.69, 9.17) is 9.84 Å². The van der Waals surface area contributed by atoms with Gasteiger partial charge < -0.3 is 24.8 Å². The maximum atomic E-state index is 12.9. The van der Waals surface area contributed by atoms with E-state index in [1.807, 2.05) is 36.0 Å². The monoisotopic (exact) mass is 469 g/mol. The number of aromatic nitrogens is 2. The van der Waals surface area contributed by atoms with E-state index < -0.39 is 0 Å². The maximum absolute atomic E-state index is 12.9. The Balaban J connectivity index is 1.53. The van der Waals surface area contributed by atoms with Crippen molar-refractivity contribution >= 4 is 28.8 Å². The van der Waals surface area contributed by atoms with Crippen LogP contribution < -0.4 is 10.1 Å². The number of rotatable bonds is 6. The molecule has 0 saturated heterocycles. The fourth-order valence-corrected chi connectivity index (χ4v) is 4.23. The second-order valence-corrected chi connectivity index (χ2v) is 8.25. The summed E-state index contributed by atoms with van der Waals surface area (Å²) in [5.74, 6) is -0.241. The van der Waals surface area contributed by atoms with E-state index in [9.17, 15) is 14.7 Å². The number of aromatic hydroxyl groups is 1. The number of ether oxygens (including phenoxy) is 1. The number of Topliss-reactive ketones (excluding diaryl/α,β-unsaturated/α-hetero) is 1. The van der Waals surface area contributed by atoms with Crippen molar-refractivity contribution in [1.82, 2.24) is 14.9 Å². The van der Waals surface area contributed by atoms with Crippen LogP contribution in [-0.2, 0) is 7.05 Å². The SMILES string of the molecule is Cn1cc(/C=C2\Oc3cccc(O)c3C2=O)c2c(-c3ccc(C(=O)NCCCO)cc3)ccnc21. The van der Waals surface area contributed by atoms with Gasteiger partial charge in [0.05, 0.1) is 0 Å². The Kier molecular flexibility index (Phi) is 5.80. The molecule has 176 valence electrons. The molecule has 35 heavy (non-hydrogen) atoms. The smallest absolute Gasteiger partial charge is 0.251 e. The van der Waals surface area contributed by atoms with Crippen molar-refractivity contribution in [2.75, 3.05) is 13.2 Å². The molecular formula is C27H23N3O5. The fraction of sp³-hybridized carbons (Fsp3) is 0.148. The topological polar surface area (TPSA) is 114 Å². The van der Waals surface area contributed by atoms with Gasteiger partial charge in [0.2, 0.25) is 5.78 Å². The van der Waals surface area contributed by atoms with Gasteiger partial charge in [-0.05, 0) is 54.0 Å². The van der Waals surface area contributed by atoms with Crippen LogP contribution in [0.15, 0.2) is 66.7 Å². The van der Waals surface area contributed by atoms with Gasteiger partial charge in [-0.2, -0.15) is 0 Å². The first-order chi connectivity index (χ1) is 17.0. The molecule has 3 N–H and O–H groups in total. The number of nitrogens with one attached hydrogen (secondary N) is 1. The quantitative estimate of drug-likeness (QED) is 0.293. The number of nitrogens with zero attached hydrogens (tertiary/aromatic N) is 2. The summed E-state index contributed by atoms with van der Waals surface area (Å²) in [5.41, 5.74) is 3.92. The van der Waals surface area contributed by atoms with Crippen LogP contribution in [0, 0.1) is 0 Å². The summed E-state index contributed by atoms with van der Waals surface area (Å²) < 4.78 is 7.63. The molecule has 8 nitrogen and oxygen atoms in total. The molecule has 5 rings (SSSR count). The molecule has 0 fully saturated rings. The molecule has 0 atom stereocenters. The third-order valence-electron chi connectivity index (χ3n) is 5.93. The predicted octanol–water partition coefficient (Wildman–Crippen LogP) is 3.67. The number of fused-ring (bicyclic) bond motifs is 2. The van der Waals surface area contributed by atoms with Gasteiger partial charge in [-0.1, -0.05) is 18.2 Å². The van der Waals surface area contributed by atoms with Crippen molar-refractivity contribution in [2.24, 2.45) is 7.05 Å². The van der Waals surface area contributed by atoms with Crippen LogP contribution in [-0.4, -0.2) is 44.6 Å². The third-order valence-corrected chi connectivity index (χ3v) is 5.93. The second-order valence-electron chi connectivity index (χ2n) is 8.25. The highest BCUT2D eigenvalue weighted by Gasteiger charge is 2.30. The summed E-state index contributed by atoms with van der Waals surface area (Å²) in [4.78, 5) is 29.7. The number of hydrogen-bond donors (Lipinski definition) is 3. The first-order valence-electron chi connectivity index (χ1n) is 11.2. The fourth-order valence-electron chi connectivity index (χ4n) is 4.23. The van der Waals surface area contributed by atoms with Crippen LogP contribution in [0.1, 0.15) is 32.7 Å². The number of carbonyl (C=O) groups is 2. The predicted molar refractivity (Wildman–Crippen MR) is 131 cm³/mol. The molecule has 1 aliphatic heterocycles. The van der Waals surface area contributed by atoms with Crippen LogP contribution in [0.25, 0.3) is 28.2 Å². The zero-order valence-corrected chi connectivity index (χ0v) is 19.0. The van der Waals surface area contributed by atoms with Gasteiger partial charge >= 0.3 is 0 Å². The van der Waals surface area contributed by atoms with Gasteiger partial charge in [-0.25, -0.2) is 4.98 Å². The number of hydrogen-bond acceptors (Lipinski definition) is 6. The normalized spacial score (nSPS) is 13.8. The van der Waals surface area contributed by atoms with Crippen molar-refractivity contribution in [2.45, 2.75) is 6.42 Å². The van der Waals surface area contributed by atoms with E-state index >= 15 is 0 Å². The molecule has 4 aromatic rings. The first kappa shape index (κ1) is 22.4. The number of pyridine rings is 1. The number of carbonyl (C=O) groups excluding carboxylic acids is 2. The number of phenols is 1. The van der Waals surface area contributed by atoms with Crippen LogP contribution in [0.5, 0.6) is 11.5 Å². The lowest BCUT2D eigenvalue weighted by Crippen LogP contribution is -2.24. The van der Waals surface area contributed by atoms with E-state index in [1.54, 1.807) is 36.5 Å². The van der Waals surface area contributed by atoms with Gasteiger partial charge in [-0.3, -0.25) is 9.59 Å². The summed E-state index contributed by atoms with van der Waals surface area (Å²) in [6, 6.07) is 13.8. The molecule has 1 amide bonds. The summed E-state index contributed by atoms with van der Waals surface area (Å²) in [6.45, 7) is 0.434. The van der Waals surface area contributed by atoms with Crippen molar-refractivity contribution in [1.29, 1.82) is 0 Å². The van der Waals surface area contributed by atoms with Crippen molar-refractivity contribution in [3.8, 4) is 22.6 Å². The van der Waals surface area contributed by atoms with E-state index in [-0.39, 0.29) is 35.4 Å². The van der Waals surface area contributed by atoms with E-state index in [0.29, 0.717) is 24.3 Å². The van der Waals surface area contributed by atoms with Crippen LogP contribution in [0.3, 0.4) is 0 Å². The average Bonchev–Trinajstić information content (AvgIpc) is 3.36. The molecule has 0 unspecified atom stereocenters. The summed E-state index contributed by atoms with van der Waals surface area (Å²) in [5, 5.41) is 22.6. The number of aliphatic hydroxyl groups is 1. The minimum Gasteiger partial charge on any atom is -0.507 e. The zero-order chi connectivity index (χ0) is 24.5. The molecule has 3 heterocycles. The molecule has 2 aromatic carbocycles. The summed E-state index contributed by atoms with van der Waals surface area (Å²) in [7, 11) is 1.87. The Morgan fingerprint density at radius 3 is 2.71 bits per heavy atom. The molecule has 1 aliphatic rings. The largest absolute Gasteiger partial charge is 0.507 e. The van der Waals surface area contributed by atoms with Crippen molar-refractivity contribution in [3.63, 3.8) is 0 Å². The molecule has 0 saturated carbocycles. The minimum atomic E-state index is -0.378. The van der Waals surface area contributed by atoms with Gasteiger partial charge in [-0.15, -0.1) is 0 Å². The molecule has 0 aliphatic carbocycles. The molecule has 2 aromatic heterocycles. The van der Waals surface area contributed by atoms with Gasteiger partial charge in [0.25, 0.3) is 5.91 Å². The van der Waals surface area contributed by atoms with Gasteiger partial charge in [0.1, 0.15) is 22.7 Å². The third kappa shape index (κ3) is 4.04. The van der Waals surface area contributed by atoms with Crippen LogP contribution >= 0.6 is 0 Å². The molecule has 0 spiro atoms. The minimum absolute atomic E-state index is 0.0245. The Hall–Kier alpha value is -4.43. The molecular weight excluding hydrogens is 446 g/mol. The zero-order valence-electron chi connectivity index (χ0n) is 19.0. The number of ketones is 1. The molecule has 0 bridgehead atoms. The summed E-state index contributed by atoms with van der Waals surface area (Å²) in [6.07, 6.45) is 5.76. The lowest BCUT2D eigenvalue weighted by Gasteiger charge is -2.08. The maximum Gasteiger partial charge on any atom is 0.251 e. The van der Waals surface area contributed by atoms with E-state index in [1.165, 1.54) is 6.07 Å². The van der Waals surface area contributed by atoms with Gasteiger partial charge in [0.15, 0.2) is 5.76 Å². The van der Waals surface area contributed by atoms with Crippen LogP contribution in [0.4, 0.5) is 0 Å². The van der Waals surface area contributed by atoms with E-state index in [0.717, 1.165) is 27.7 Å². The average molecular weight is 469 g/mol. The lowest BCUT2D eigenvalue weighted by molar-refractivity contribution is 0.0950. The highest BCUT2D eigenvalue weighted by Crippen LogP contribution is 2.39. The highest BCUT2D eigenvalue weighted by atomic mass is 16.5. The number of aliphatic hydroxyl groups excluding tert-OH is 1. The Bertz CT molecular complexity index is 1480. The standard InChI is InChI=1S/C27H23N3O5/c1-30-15-18(14-22-25(33)24-20(32)4-2-5-21(24)35-22)23-19(10-12-28-26(23)30)16-6-8-17(9-7-16)27(34)29-11-3-13-31/h2,4-10,12,14-15,31-32H,3,11,13H2,1H3,(H,29,34)/b22-14-. The first-order valence-corrected chi connectivity index (χ1v) is 11.2. The highest BCUT2D eigenvalue weighted by molar-refractivity contribution is 6.17. The van der Waals surface area contributed by atoms with Crippen LogP contribution in [0.2, 0.25) is 0 Å². The number of phenolic OH excluding ortho intramolecular Hbond substituents is 1. The lowest BCUT2D eigenvalue weighted by atomic mass is 9.99. The summed E-state index contributed by atoms with van der Waals surface area (Å²) >= 11 is 0. The van der Waals surface area contributed by atoms with Crippen molar-refractivity contribution < 1.29 is 24.5 Å². The molecule has 0 radical (unpaired) electrons. The van der Waals surface area contributed by atoms with Crippen molar-refractivity contribution in [3.05, 3.63) is 83.4 Å². The number of benzene rings is 2. The number of aryl methyl sites for hydroxylation is 1. The van der Waals surface area contributed by atoms with E-state index in [2.05, 4.69) is 10.3 Å². The number of allylic oxidation sites excluding steroid dienone is 1. The second kappa shape index (κ2) is 9.08. The number of amides is 1.